The monoisotopic (exact) mass is 277 g/mol. The van der Waals surface area contributed by atoms with Crippen LogP contribution in [0.5, 0.6) is 0 Å². The van der Waals surface area contributed by atoms with Gasteiger partial charge in [0.15, 0.2) is 0 Å². The number of carbonyl (C=O) groups is 1. The maximum atomic E-state index is 11.8. The molecule has 3 N–H and O–H groups in total. The van der Waals surface area contributed by atoms with Gasteiger partial charge in [0.2, 0.25) is 0 Å². The molecule has 0 radical (unpaired) electrons. The molecule has 1 unspecified atom stereocenters. The van der Waals surface area contributed by atoms with Crippen molar-refractivity contribution in [2.45, 2.75) is 25.3 Å². The van der Waals surface area contributed by atoms with Crippen LogP contribution in [0.25, 0.3) is 0 Å². The molecule has 110 valence electrons. The van der Waals surface area contributed by atoms with Gasteiger partial charge < -0.3 is 5.32 Å². The number of likely N-dealkylation sites (N-methyl/N-ethyl adjacent to an activating group) is 1. The van der Waals surface area contributed by atoms with Crippen LogP contribution in [0.2, 0.25) is 0 Å². The minimum atomic E-state index is -0.0611. The Balaban J connectivity index is 1.65. The van der Waals surface area contributed by atoms with Crippen LogP contribution < -0.4 is 16.2 Å². The molecule has 1 aliphatic rings. The van der Waals surface area contributed by atoms with E-state index in [1.54, 1.807) is 12.3 Å². The molecule has 2 heterocycles. The smallest absolute Gasteiger partial charge is 0.252 e. The van der Waals surface area contributed by atoms with Crippen LogP contribution in [-0.4, -0.2) is 48.5 Å². The van der Waals surface area contributed by atoms with Crippen LogP contribution >= 0.6 is 0 Å². The van der Waals surface area contributed by atoms with E-state index >= 15 is 0 Å². The van der Waals surface area contributed by atoms with E-state index in [2.05, 4.69) is 21.2 Å². The van der Waals surface area contributed by atoms with Crippen LogP contribution in [0.1, 0.15) is 19.3 Å². The van der Waals surface area contributed by atoms with Gasteiger partial charge in [0.05, 0.1) is 6.54 Å². The van der Waals surface area contributed by atoms with Gasteiger partial charge in [-0.2, -0.15) is 0 Å². The highest BCUT2D eigenvalue weighted by atomic mass is 16.2. The quantitative estimate of drug-likeness (QED) is 0.664. The molecule has 0 saturated carbocycles. The molecule has 2 rings (SSSR count). The summed E-state index contributed by atoms with van der Waals surface area (Å²) in [5.41, 5.74) is 5.45. The molecule has 6 nitrogen and oxygen atoms in total. The van der Waals surface area contributed by atoms with Gasteiger partial charge in [0.25, 0.3) is 5.91 Å². The van der Waals surface area contributed by atoms with Gasteiger partial charge in [-0.25, -0.2) is 4.98 Å². The molecule has 0 spiro atoms. The number of nitrogens with one attached hydrogen (secondary N) is 3. The van der Waals surface area contributed by atoms with E-state index in [0.717, 1.165) is 13.1 Å². The second kappa shape index (κ2) is 7.81. The Bertz CT molecular complexity index is 405. The molecule has 0 bridgehead atoms. The Morgan fingerprint density at radius 1 is 1.50 bits per heavy atom. The summed E-state index contributed by atoms with van der Waals surface area (Å²) in [6.07, 6.45) is 5.40. The van der Waals surface area contributed by atoms with Crippen molar-refractivity contribution in [1.82, 2.24) is 20.6 Å². The normalized spacial score (nSPS) is 18.8. The first-order chi connectivity index (χ1) is 9.74. The van der Waals surface area contributed by atoms with Crippen LogP contribution in [0.4, 0.5) is 5.82 Å². The first-order valence-electron chi connectivity index (χ1n) is 7.12. The van der Waals surface area contributed by atoms with Gasteiger partial charge in [-0.3, -0.25) is 20.5 Å². The van der Waals surface area contributed by atoms with Crippen LogP contribution in [0.3, 0.4) is 0 Å². The fraction of sp³-hybridized carbons (Fsp3) is 0.571. The second-order valence-corrected chi connectivity index (χ2v) is 5.23. The lowest BCUT2D eigenvalue weighted by molar-refractivity contribution is -0.121. The average Bonchev–Trinajstić information content (AvgIpc) is 2.47. The summed E-state index contributed by atoms with van der Waals surface area (Å²) >= 11 is 0. The molecule has 20 heavy (non-hydrogen) atoms. The third-order valence-corrected chi connectivity index (χ3v) is 3.35. The minimum Gasteiger partial charge on any atom is -0.313 e. The lowest BCUT2D eigenvalue weighted by Crippen LogP contribution is -2.45. The molecule has 0 aromatic carbocycles. The van der Waals surface area contributed by atoms with E-state index in [1.807, 2.05) is 24.1 Å². The van der Waals surface area contributed by atoms with Crippen molar-refractivity contribution in [3.05, 3.63) is 24.4 Å². The Kier molecular flexibility index (Phi) is 5.76. The van der Waals surface area contributed by atoms with Crippen molar-refractivity contribution in [1.29, 1.82) is 0 Å². The summed E-state index contributed by atoms with van der Waals surface area (Å²) in [4.78, 5) is 17.9. The summed E-state index contributed by atoms with van der Waals surface area (Å²) in [6.45, 7) is 2.36. The number of piperidine rings is 1. The van der Waals surface area contributed by atoms with E-state index < -0.39 is 0 Å². The highest BCUT2D eigenvalue weighted by Gasteiger charge is 2.15. The zero-order valence-electron chi connectivity index (χ0n) is 11.9. The van der Waals surface area contributed by atoms with Gasteiger partial charge >= 0.3 is 0 Å². The number of hydrogen-bond donors (Lipinski definition) is 3. The standard InChI is InChI=1S/C14H23N5O/c1-19(10-12-6-2-4-8-15-12)11-14(20)18-17-13-7-3-5-9-16-13/h3,5,7,9,12,15H,2,4,6,8,10-11H2,1H3,(H,16,17)(H,18,20). The largest absolute Gasteiger partial charge is 0.313 e. The van der Waals surface area contributed by atoms with E-state index in [4.69, 9.17) is 0 Å². The number of pyridine rings is 1. The van der Waals surface area contributed by atoms with Gasteiger partial charge in [0.1, 0.15) is 5.82 Å². The average molecular weight is 277 g/mol. The minimum absolute atomic E-state index is 0.0611. The Morgan fingerprint density at radius 2 is 2.40 bits per heavy atom. The maximum absolute atomic E-state index is 11.8. The molecule has 1 atom stereocenters. The molecule has 1 aromatic heterocycles. The number of rotatable bonds is 6. The number of hydrogen-bond acceptors (Lipinski definition) is 5. The Morgan fingerprint density at radius 3 is 3.10 bits per heavy atom. The van der Waals surface area contributed by atoms with Crippen molar-refractivity contribution in [3.8, 4) is 0 Å². The zero-order chi connectivity index (χ0) is 14.2. The Labute approximate surface area is 119 Å². The number of hydrazine groups is 1. The van der Waals surface area contributed by atoms with E-state index in [1.165, 1.54) is 19.3 Å². The predicted octanol–water partition coefficient (Wildman–Crippen LogP) is 0.599. The summed E-state index contributed by atoms with van der Waals surface area (Å²) in [5, 5.41) is 3.48. The fourth-order valence-corrected chi connectivity index (χ4v) is 2.38. The molecular weight excluding hydrogens is 254 g/mol. The molecule has 6 heteroatoms. The zero-order valence-corrected chi connectivity index (χ0v) is 11.9. The van der Waals surface area contributed by atoms with Crippen molar-refractivity contribution in [2.24, 2.45) is 0 Å². The SMILES string of the molecule is CN(CC(=O)NNc1ccccn1)CC1CCCCN1. The lowest BCUT2D eigenvalue weighted by Gasteiger charge is -2.27. The highest BCUT2D eigenvalue weighted by molar-refractivity contribution is 5.79. The number of amides is 1. The molecule has 1 saturated heterocycles. The van der Waals surface area contributed by atoms with E-state index in [9.17, 15) is 4.79 Å². The number of carbonyl (C=O) groups excluding carboxylic acids is 1. The van der Waals surface area contributed by atoms with Crippen molar-refractivity contribution in [2.75, 3.05) is 32.1 Å². The van der Waals surface area contributed by atoms with Crippen LogP contribution in [-0.2, 0) is 4.79 Å². The fourth-order valence-electron chi connectivity index (χ4n) is 2.38. The second-order valence-electron chi connectivity index (χ2n) is 5.23. The molecule has 1 fully saturated rings. The number of aromatic nitrogens is 1. The first-order valence-corrected chi connectivity index (χ1v) is 7.12. The summed E-state index contributed by atoms with van der Waals surface area (Å²) in [7, 11) is 1.97. The van der Waals surface area contributed by atoms with Gasteiger partial charge in [-0.05, 0) is 38.6 Å². The molecule has 0 aliphatic carbocycles. The van der Waals surface area contributed by atoms with E-state index in [0.29, 0.717) is 18.4 Å². The number of anilines is 1. The predicted molar refractivity (Wildman–Crippen MR) is 79.1 cm³/mol. The first kappa shape index (κ1) is 14.7. The van der Waals surface area contributed by atoms with Gasteiger partial charge in [-0.1, -0.05) is 12.5 Å². The number of nitrogens with zero attached hydrogens (tertiary/aromatic N) is 2. The Hall–Kier alpha value is -1.66. The van der Waals surface area contributed by atoms with Crippen LogP contribution in [0, 0.1) is 0 Å². The van der Waals surface area contributed by atoms with Gasteiger partial charge in [-0.15, -0.1) is 0 Å². The maximum Gasteiger partial charge on any atom is 0.252 e. The molecule has 1 aromatic rings. The third-order valence-electron chi connectivity index (χ3n) is 3.35. The van der Waals surface area contributed by atoms with E-state index in [-0.39, 0.29) is 5.91 Å². The topological polar surface area (TPSA) is 69.3 Å². The summed E-state index contributed by atoms with van der Waals surface area (Å²) in [5.74, 6) is 0.575. The van der Waals surface area contributed by atoms with Crippen molar-refractivity contribution >= 4 is 11.7 Å². The lowest BCUT2D eigenvalue weighted by atomic mass is 10.0. The molecular formula is C14H23N5O. The molecule has 1 amide bonds. The van der Waals surface area contributed by atoms with Crippen molar-refractivity contribution < 1.29 is 4.79 Å². The van der Waals surface area contributed by atoms with Crippen molar-refractivity contribution in [3.63, 3.8) is 0 Å². The van der Waals surface area contributed by atoms with Gasteiger partial charge in [0, 0.05) is 18.8 Å². The molecule has 1 aliphatic heterocycles. The highest BCUT2D eigenvalue weighted by Crippen LogP contribution is 2.07. The summed E-state index contributed by atoms with van der Waals surface area (Å²) < 4.78 is 0. The third kappa shape index (κ3) is 5.14. The van der Waals surface area contributed by atoms with Crippen LogP contribution in [0.15, 0.2) is 24.4 Å². The summed E-state index contributed by atoms with van der Waals surface area (Å²) in [6, 6.07) is 6.00.